The molecule has 0 aliphatic carbocycles. The summed E-state index contributed by atoms with van der Waals surface area (Å²) >= 11 is 0. The van der Waals surface area contributed by atoms with E-state index < -0.39 is 0 Å². The highest BCUT2D eigenvalue weighted by Crippen LogP contribution is 2.13. The Kier molecular flexibility index (Phi) is 7.35. The van der Waals surface area contributed by atoms with E-state index in [4.69, 9.17) is 0 Å². The number of aliphatic hydroxyl groups is 1. The van der Waals surface area contributed by atoms with E-state index in [-0.39, 0.29) is 6.10 Å². The first kappa shape index (κ1) is 13.0. The van der Waals surface area contributed by atoms with Crippen LogP contribution < -0.4 is 0 Å². The van der Waals surface area contributed by atoms with Gasteiger partial charge in [-0.25, -0.2) is 0 Å². The SMILES string of the molecule is CC(C)CCCCC[C@H](O)C(C)C. The van der Waals surface area contributed by atoms with Crippen LogP contribution in [0.25, 0.3) is 0 Å². The molecule has 0 aromatic carbocycles. The molecule has 0 aliphatic heterocycles. The highest BCUT2D eigenvalue weighted by Gasteiger charge is 2.07. The topological polar surface area (TPSA) is 20.2 Å². The molecule has 0 aliphatic rings. The molecule has 13 heavy (non-hydrogen) atoms. The van der Waals surface area contributed by atoms with Crippen molar-refractivity contribution in [3.8, 4) is 0 Å². The number of hydrogen-bond donors (Lipinski definition) is 1. The zero-order chi connectivity index (χ0) is 10.3. The molecule has 0 amide bonds. The average Bonchev–Trinajstić information content (AvgIpc) is 2.02. The zero-order valence-electron chi connectivity index (χ0n) is 9.71. The van der Waals surface area contributed by atoms with Crippen molar-refractivity contribution in [1.29, 1.82) is 0 Å². The van der Waals surface area contributed by atoms with Gasteiger partial charge >= 0.3 is 0 Å². The van der Waals surface area contributed by atoms with Crippen molar-refractivity contribution in [2.45, 2.75) is 65.9 Å². The summed E-state index contributed by atoms with van der Waals surface area (Å²) in [7, 11) is 0. The molecule has 1 heteroatoms. The van der Waals surface area contributed by atoms with E-state index in [0.29, 0.717) is 5.92 Å². The Morgan fingerprint density at radius 3 is 1.85 bits per heavy atom. The summed E-state index contributed by atoms with van der Waals surface area (Å²) in [5, 5.41) is 9.53. The normalized spacial score (nSPS) is 14.1. The Morgan fingerprint density at radius 2 is 1.38 bits per heavy atom. The monoisotopic (exact) mass is 186 g/mol. The smallest absolute Gasteiger partial charge is 0.0563 e. The minimum absolute atomic E-state index is 0.0842. The fraction of sp³-hybridized carbons (Fsp3) is 1.00. The number of aliphatic hydroxyl groups excluding tert-OH is 1. The summed E-state index contributed by atoms with van der Waals surface area (Å²) < 4.78 is 0. The van der Waals surface area contributed by atoms with Gasteiger partial charge in [0.1, 0.15) is 0 Å². The van der Waals surface area contributed by atoms with Gasteiger partial charge in [-0.2, -0.15) is 0 Å². The Hall–Kier alpha value is -0.0400. The van der Waals surface area contributed by atoms with Crippen LogP contribution in [0.3, 0.4) is 0 Å². The third-order valence-corrected chi connectivity index (χ3v) is 2.55. The minimum Gasteiger partial charge on any atom is -0.393 e. The van der Waals surface area contributed by atoms with Gasteiger partial charge in [0.05, 0.1) is 6.10 Å². The molecule has 1 N–H and O–H groups in total. The molecule has 1 nitrogen and oxygen atoms in total. The molecule has 0 aromatic heterocycles. The Bertz CT molecular complexity index is 108. The Balaban J connectivity index is 3.16. The standard InChI is InChI=1S/C12H26O/c1-10(2)8-6-5-7-9-12(13)11(3)4/h10-13H,5-9H2,1-4H3/t12-/m0/s1. The van der Waals surface area contributed by atoms with Crippen LogP contribution in [0.1, 0.15) is 59.8 Å². The molecule has 0 saturated heterocycles. The van der Waals surface area contributed by atoms with E-state index in [1.54, 1.807) is 0 Å². The van der Waals surface area contributed by atoms with E-state index in [2.05, 4.69) is 27.7 Å². The summed E-state index contributed by atoms with van der Waals surface area (Å²) in [4.78, 5) is 0. The molecule has 0 spiro atoms. The first-order chi connectivity index (χ1) is 6.04. The first-order valence-corrected chi connectivity index (χ1v) is 5.72. The van der Waals surface area contributed by atoms with Crippen LogP contribution >= 0.6 is 0 Å². The Morgan fingerprint density at radius 1 is 0.846 bits per heavy atom. The van der Waals surface area contributed by atoms with Crippen LogP contribution in [-0.2, 0) is 0 Å². The lowest BCUT2D eigenvalue weighted by molar-refractivity contribution is 0.113. The van der Waals surface area contributed by atoms with Crippen LogP contribution in [0.5, 0.6) is 0 Å². The maximum absolute atomic E-state index is 9.53. The largest absolute Gasteiger partial charge is 0.393 e. The van der Waals surface area contributed by atoms with Crippen LogP contribution in [0.15, 0.2) is 0 Å². The van der Waals surface area contributed by atoms with E-state index in [1.165, 1.54) is 25.7 Å². The highest BCUT2D eigenvalue weighted by atomic mass is 16.3. The number of rotatable bonds is 7. The molecule has 1 atom stereocenters. The van der Waals surface area contributed by atoms with Gasteiger partial charge in [0.2, 0.25) is 0 Å². The molecule has 0 rings (SSSR count). The van der Waals surface area contributed by atoms with Gasteiger partial charge in [-0.05, 0) is 18.3 Å². The quantitative estimate of drug-likeness (QED) is 0.602. The van der Waals surface area contributed by atoms with E-state index >= 15 is 0 Å². The fourth-order valence-electron chi connectivity index (χ4n) is 1.42. The summed E-state index contributed by atoms with van der Waals surface area (Å²) in [6, 6.07) is 0. The van der Waals surface area contributed by atoms with Crippen molar-refractivity contribution in [3.63, 3.8) is 0 Å². The summed E-state index contributed by atoms with van der Waals surface area (Å²) in [5.41, 5.74) is 0. The van der Waals surface area contributed by atoms with Crippen LogP contribution in [0.4, 0.5) is 0 Å². The maximum atomic E-state index is 9.53. The van der Waals surface area contributed by atoms with Gasteiger partial charge in [0.15, 0.2) is 0 Å². The third-order valence-electron chi connectivity index (χ3n) is 2.55. The van der Waals surface area contributed by atoms with Crippen molar-refractivity contribution in [2.24, 2.45) is 11.8 Å². The number of unbranched alkanes of at least 4 members (excludes halogenated alkanes) is 2. The lowest BCUT2D eigenvalue weighted by atomic mass is 9.99. The minimum atomic E-state index is -0.0842. The van der Waals surface area contributed by atoms with Crippen LogP contribution in [0.2, 0.25) is 0 Å². The predicted molar refractivity (Wildman–Crippen MR) is 58.8 cm³/mol. The van der Waals surface area contributed by atoms with E-state index in [0.717, 1.165) is 12.3 Å². The van der Waals surface area contributed by atoms with Crippen molar-refractivity contribution < 1.29 is 5.11 Å². The van der Waals surface area contributed by atoms with Crippen LogP contribution in [-0.4, -0.2) is 11.2 Å². The lowest BCUT2D eigenvalue weighted by Crippen LogP contribution is -2.13. The molecule has 0 unspecified atom stereocenters. The molecular weight excluding hydrogens is 160 g/mol. The predicted octanol–water partition coefficient (Wildman–Crippen LogP) is 3.61. The second-order valence-corrected chi connectivity index (χ2v) is 4.84. The van der Waals surface area contributed by atoms with Crippen molar-refractivity contribution in [1.82, 2.24) is 0 Å². The molecule has 0 saturated carbocycles. The summed E-state index contributed by atoms with van der Waals surface area (Å²) in [5.74, 6) is 1.25. The van der Waals surface area contributed by atoms with Gasteiger partial charge in [0, 0.05) is 0 Å². The number of hydrogen-bond acceptors (Lipinski definition) is 1. The molecule has 0 bridgehead atoms. The summed E-state index contributed by atoms with van der Waals surface area (Å²) in [6.45, 7) is 8.70. The van der Waals surface area contributed by atoms with Gasteiger partial charge in [-0.1, -0.05) is 53.4 Å². The molecule has 0 aromatic rings. The second-order valence-electron chi connectivity index (χ2n) is 4.84. The fourth-order valence-corrected chi connectivity index (χ4v) is 1.42. The average molecular weight is 186 g/mol. The molecule has 0 heterocycles. The maximum Gasteiger partial charge on any atom is 0.0563 e. The molecular formula is C12H26O. The van der Waals surface area contributed by atoms with Gasteiger partial charge < -0.3 is 5.11 Å². The van der Waals surface area contributed by atoms with Gasteiger partial charge in [-0.15, -0.1) is 0 Å². The Labute approximate surface area is 83.5 Å². The highest BCUT2D eigenvalue weighted by molar-refractivity contribution is 4.59. The lowest BCUT2D eigenvalue weighted by Gasteiger charge is -2.13. The summed E-state index contributed by atoms with van der Waals surface area (Å²) in [6.07, 6.45) is 6.02. The van der Waals surface area contributed by atoms with Gasteiger partial charge in [0.25, 0.3) is 0 Å². The van der Waals surface area contributed by atoms with Crippen LogP contribution in [0, 0.1) is 11.8 Å². The van der Waals surface area contributed by atoms with Crippen molar-refractivity contribution in [2.75, 3.05) is 0 Å². The first-order valence-electron chi connectivity index (χ1n) is 5.72. The van der Waals surface area contributed by atoms with Gasteiger partial charge in [-0.3, -0.25) is 0 Å². The molecule has 0 radical (unpaired) electrons. The zero-order valence-corrected chi connectivity index (χ0v) is 9.71. The van der Waals surface area contributed by atoms with Crippen molar-refractivity contribution >= 4 is 0 Å². The van der Waals surface area contributed by atoms with E-state index in [9.17, 15) is 5.11 Å². The van der Waals surface area contributed by atoms with Crippen molar-refractivity contribution in [3.05, 3.63) is 0 Å². The molecule has 80 valence electrons. The van der Waals surface area contributed by atoms with E-state index in [1.807, 2.05) is 0 Å². The molecule has 0 fully saturated rings. The third kappa shape index (κ3) is 8.29. The second kappa shape index (κ2) is 7.37.